The molecule has 1 amide bonds. The van der Waals surface area contributed by atoms with Crippen molar-refractivity contribution in [1.29, 1.82) is 0 Å². The monoisotopic (exact) mass is 421 g/mol. The lowest BCUT2D eigenvalue weighted by Gasteiger charge is -2.34. The molecule has 8 heteroatoms. The van der Waals surface area contributed by atoms with Crippen molar-refractivity contribution in [2.45, 2.75) is 45.5 Å². The Labute approximate surface area is 154 Å². The van der Waals surface area contributed by atoms with Gasteiger partial charge in [-0.25, -0.2) is 4.79 Å². The van der Waals surface area contributed by atoms with Crippen LogP contribution in [0.3, 0.4) is 0 Å². The minimum atomic E-state index is -2.90. The first-order chi connectivity index (χ1) is 11.6. The van der Waals surface area contributed by atoms with E-state index in [-0.39, 0.29) is 11.9 Å². The largest absolute Gasteiger partial charge is 0.444 e. The van der Waals surface area contributed by atoms with Gasteiger partial charge >= 0.3 is 12.7 Å². The van der Waals surface area contributed by atoms with E-state index in [9.17, 15) is 13.6 Å². The molecule has 0 aliphatic carbocycles. The van der Waals surface area contributed by atoms with Crippen molar-refractivity contribution in [1.82, 2.24) is 4.90 Å². The fourth-order valence-electron chi connectivity index (χ4n) is 2.50. The highest BCUT2D eigenvalue weighted by Crippen LogP contribution is 2.27. The lowest BCUT2D eigenvalue weighted by atomic mass is 10.1. The number of nitrogens with zero attached hydrogens (tertiary/aromatic N) is 1. The Hall–Kier alpha value is -1.41. The fourth-order valence-corrected chi connectivity index (χ4v) is 2.91. The predicted octanol–water partition coefficient (Wildman–Crippen LogP) is 4.23. The molecule has 1 aromatic carbocycles. The summed E-state index contributed by atoms with van der Waals surface area (Å²) >= 11 is 3.33. The molecule has 0 spiro atoms. The highest BCUT2D eigenvalue weighted by Gasteiger charge is 2.29. The van der Waals surface area contributed by atoms with Gasteiger partial charge in [0.1, 0.15) is 11.4 Å². The molecule has 0 radical (unpaired) electrons. The molecule has 1 aromatic rings. The summed E-state index contributed by atoms with van der Waals surface area (Å²) in [7, 11) is 0. The molecule has 0 aromatic heterocycles. The summed E-state index contributed by atoms with van der Waals surface area (Å²) in [5, 5.41) is 0. The number of amides is 1. The summed E-state index contributed by atoms with van der Waals surface area (Å²) < 4.78 is 41.5. The standard InChI is InChI=1S/C17H22BrF2NO4/c1-17(2,3)25-16(22)21-6-7-23-13(10-21)9-11-8-12(18)4-5-14(11)24-15(19)20/h4-5,8,13,15H,6-7,9-10H2,1-3H3/t13-/m1/s1. The first kappa shape index (κ1) is 19.9. The van der Waals surface area contributed by atoms with E-state index in [1.165, 1.54) is 6.07 Å². The maximum absolute atomic E-state index is 12.6. The van der Waals surface area contributed by atoms with E-state index < -0.39 is 18.3 Å². The number of halogens is 3. The summed E-state index contributed by atoms with van der Waals surface area (Å²) in [4.78, 5) is 13.8. The van der Waals surface area contributed by atoms with Gasteiger partial charge in [0.2, 0.25) is 0 Å². The van der Waals surface area contributed by atoms with Crippen molar-refractivity contribution in [2.24, 2.45) is 0 Å². The first-order valence-corrected chi connectivity index (χ1v) is 8.76. The molecule has 0 N–H and O–H groups in total. The Morgan fingerprint density at radius 3 is 2.80 bits per heavy atom. The van der Waals surface area contributed by atoms with Crippen LogP contribution in [0.25, 0.3) is 0 Å². The average Bonchev–Trinajstić information content (AvgIpc) is 2.48. The molecule has 5 nitrogen and oxygen atoms in total. The van der Waals surface area contributed by atoms with Crippen LogP contribution in [0.4, 0.5) is 13.6 Å². The van der Waals surface area contributed by atoms with Crippen molar-refractivity contribution < 1.29 is 27.8 Å². The Morgan fingerprint density at radius 2 is 2.16 bits per heavy atom. The number of ether oxygens (including phenoxy) is 3. The summed E-state index contributed by atoms with van der Waals surface area (Å²) in [5.74, 6) is 0.108. The molecule has 1 aliphatic heterocycles. The first-order valence-electron chi connectivity index (χ1n) is 7.97. The van der Waals surface area contributed by atoms with Gasteiger partial charge in [0, 0.05) is 17.4 Å². The number of hydrogen-bond donors (Lipinski definition) is 0. The van der Waals surface area contributed by atoms with E-state index >= 15 is 0 Å². The van der Waals surface area contributed by atoms with Gasteiger partial charge in [-0.05, 0) is 44.5 Å². The highest BCUT2D eigenvalue weighted by atomic mass is 79.9. The zero-order chi connectivity index (χ0) is 18.6. The normalized spacial score (nSPS) is 18.4. The van der Waals surface area contributed by atoms with Gasteiger partial charge in [0.05, 0.1) is 19.3 Å². The number of rotatable bonds is 4. The van der Waals surface area contributed by atoms with E-state index in [1.54, 1.807) is 37.8 Å². The molecular formula is C17H22BrF2NO4. The predicted molar refractivity (Wildman–Crippen MR) is 92.0 cm³/mol. The van der Waals surface area contributed by atoms with Gasteiger partial charge in [-0.15, -0.1) is 0 Å². The zero-order valence-corrected chi connectivity index (χ0v) is 16.0. The number of hydrogen-bond acceptors (Lipinski definition) is 4. The average molecular weight is 422 g/mol. The second kappa shape index (κ2) is 8.31. The molecule has 0 bridgehead atoms. The molecule has 0 unspecified atom stereocenters. The Balaban J connectivity index is 2.05. The van der Waals surface area contributed by atoms with Gasteiger partial charge in [0.25, 0.3) is 0 Å². The van der Waals surface area contributed by atoms with E-state index in [4.69, 9.17) is 9.47 Å². The lowest BCUT2D eigenvalue weighted by Crippen LogP contribution is -2.48. The Morgan fingerprint density at radius 1 is 1.44 bits per heavy atom. The van der Waals surface area contributed by atoms with E-state index in [2.05, 4.69) is 20.7 Å². The van der Waals surface area contributed by atoms with Crippen LogP contribution in [0.2, 0.25) is 0 Å². The fraction of sp³-hybridized carbons (Fsp3) is 0.588. The second-order valence-corrected chi connectivity index (χ2v) is 7.67. The summed E-state index contributed by atoms with van der Waals surface area (Å²) in [6, 6.07) is 4.84. The molecule has 0 saturated carbocycles. The quantitative estimate of drug-likeness (QED) is 0.729. The second-order valence-electron chi connectivity index (χ2n) is 6.75. The zero-order valence-electron chi connectivity index (χ0n) is 14.4. The summed E-state index contributed by atoms with van der Waals surface area (Å²) in [5.41, 5.74) is 0.0127. The summed E-state index contributed by atoms with van der Waals surface area (Å²) in [6.07, 6.45) is -0.379. The molecule has 1 atom stereocenters. The number of carbonyl (C=O) groups excluding carboxylic acids is 1. The maximum atomic E-state index is 12.6. The van der Waals surface area contributed by atoms with Crippen LogP contribution in [0.1, 0.15) is 26.3 Å². The van der Waals surface area contributed by atoms with E-state index in [0.29, 0.717) is 31.7 Å². The van der Waals surface area contributed by atoms with Crippen LogP contribution >= 0.6 is 15.9 Å². The van der Waals surface area contributed by atoms with Crippen LogP contribution in [0.5, 0.6) is 5.75 Å². The minimum Gasteiger partial charge on any atom is -0.444 e. The van der Waals surface area contributed by atoms with Gasteiger partial charge in [-0.1, -0.05) is 15.9 Å². The van der Waals surface area contributed by atoms with Crippen LogP contribution in [-0.4, -0.2) is 49.0 Å². The molecule has 140 valence electrons. The lowest BCUT2D eigenvalue weighted by molar-refractivity contribution is -0.0530. The van der Waals surface area contributed by atoms with Gasteiger partial charge in [-0.2, -0.15) is 8.78 Å². The van der Waals surface area contributed by atoms with Gasteiger partial charge in [-0.3, -0.25) is 0 Å². The molecule has 1 aliphatic rings. The van der Waals surface area contributed by atoms with Crippen LogP contribution in [0.15, 0.2) is 22.7 Å². The number of alkyl halides is 2. The third-order valence-corrected chi connectivity index (χ3v) is 3.97. The SMILES string of the molecule is CC(C)(C)OC(=O)N1CCO[C@H](Cc2cc(Br)ccc2OC(F)F)C1. The highest BCUT2D eigenvalue weighted by molar-refractivity contribution is 9.10. The topological polar surface area (TPSA) is 48.0 Å². The Bertz CT molecular complexity index is 607. The van der Waals surface area contributed by atoms with E-state index in [1.807, 2.05) is 0 Å². The molecule has 1 saturated heterocycles. The van der Waals surface area contributed by atoms with Crippen LogP contribution < -0.4 is 4.74 Å². The summed E-state index contributed by atoms with van der Waals surface area (Å²) in [6.45, 7) is 3.64. The van der Waals surface area contributed by atoms with Crippen molar-refractivity contribution in [3.8, 4) is 5.75 Å². The Kier molecular flexibility index (Phi) is 6.62. The molecular weight excluding hydrogens is 400 g/mol. The van der Waals surface area contributed by atoms with Crippen molar-refractivity contribution in [3.05, 3.63) is 28.2 Å². The smallest absolute Gasteiger partial charge is 0.410 e. The molecule has 25 heavy (non-hydrogen) atoms. The van der Waals surface area contributed by atoms with Crippen LogP contribution in [-0.2, 0) is 15.9 Å². The van der Waals surface area contributed by atoms with Crippen molar-refractivity contribution >= 4 is 22.0 Å². The van der Waals surface area contributed by atoms with Gasteiger partial charge in [0.15, 0.2) is 0 Å². The van der Waals surface area contributed by atoms with Crippen molar-refractivity contribution in [3.63, 3.8) is 0 Å². The third-order valence-electron chi connectivity index (χ3n) is 3.48. The maximum Gasteiger partial charge on any atom is 0.410 e. The molecule has 1 fully saturated rings. The molecule has 2 rings (SSSR count). The minimum absolute atomic E-state index is 0.108. The van der Waals surface area contributed by atoms with E-state index in [0.717, 1.165) is 4.47 Å². The number of morpholine rings is 1. The number of benzene rings is 1. The number of carbonyl (C=O) groups is 1. The van der Waals surface area contributed by atoms with Gasteiger partial charge < -0.3 is 19.1 Å². The van der Waals surface area contributed by atoms with Crippen molar-refractivity contribution in [2.75, 3.05) is 19.7 Å². The third kappa shape index (κ3) is 6.43. The van der Waals surface area contributed by atoms with Crippen LogP contribution in [0, 0.1) is 0 Å². The molecule has 1 heterocycles.